The van der Waals surface area contributed by atoms with Crippen LogP contribution in [0.15, 0.2) is 46.8 Å². The van der Waals surface area contributed by atoms with E-state index in [1.807, 2.05) is 0 Å². The maximum Gasteiger partial charge on any atom is 0.336 e. The Morgan fingerprint density at radius 3 is 2.18 bits per heavy atom. The molecule has 0 amide bonds. The Kier molecular flexibility index (Phi) is 10.5. The van der Waals surface area contributed by atoms with Crippen LogP contribution in [0.3, 0.4) is 0 Å². The number of allylic oxidation sites excluding steroid dienone is 1. The molecule has 0 spiro atoms. The van der Waals surface area contributed by atoms with E-state index < -0.39 is 56.1 Å². The van der Waals surface area contributed by atoms with Gasteiger partial charge in [0, 0.05) is 23.5 Å². The molecule has 2 unspecified atom stereocenters. The van der Waals surface area contributed by atoms with Crippen molar-refractivity contribution < 1.29 is 41.9 Å². The van der Waals surface area contributed by atoms with Gasteiger partial charge in [-0.1, -0.05) is 12.1 Å². The van der Waals surface area contributed by atoms with E-state index in [-0.39, 0.29) is 53.6 Å². The first-order valence-electron chi connectivity index (χ1n) is 11.8. The van der Waals surface area contributed by atoms with Crippen molar-refractivity contribution in [2.24, 2.45) is 5.73 Å². The summed E-state index contributed by atoms with van der Waals surface area (Å²) >= 11 is 0. The second-order valence-corrected chi connectivity index (χ2v) is 10.3. The highest BCUT2D eigenvalue weighted by Gasteiger charge is 2.40. The van der Waals surface area contributed by atoms with E-state index in [4.69, 9.17) is 19.9 Å². The van der Waals surface area contributed by atoms with Crippen molar-refractivity contribution in [2.45, 2.75) is 39.7 Å². The highest BCUT2D eigenvalue weighted by atomic mass is 32.2. The molecule has 38 heavy (non-hydrogen) atoms. The first-order chi connectivity index (χ1) is 17.9. The maximum atomic E-state index is 13.2. The van der Waals surface area contributed by atoms with Gasteiger partial charge >= 0.3 is 17.9 Å². The summed E-state index contributed by atoms with van der Waals surface area (Å²) in [6.45, 7) is 6.09. The summed E-state index contributed by atoms with van der Waals surface area (Å²) in [5, 5.41) is 14.3. The molecule has 1 aliphatic rings. The lowest BCUT2D eigenvalue weighted by Crippen LogP contribution is -2.41. The first-order valence-corrected chi connectivity index (χ1v) is 13.6. The lowest BCUT2D eigenvalue weighted by molar-refractivity contribution is -0.384. The number of nitro benzene ring substituents is 1. The molecule has 13 nitrogen and oxygen atoms in total. The molecule has 1 aromatic carbocycles. The van der Waals surface area contributed by atoms with Crippen LogP contribution in [0.4, 0.5) is 5.69 Å². The van der Waals surface area contributed by atoms with Crippen molar-refractivity contribution in [3.63, 3.8) is 0 Å². The Bertz CT molecular complexity index is 1270. The molecule has 0 bridgehead atoms. The van der Waals surface area contributed by atoms with E-state index in [1.54, 1.807) is 20.8 Å². The minimum Gasteiger partial charge on any atom is -0.465 e. The number of dihydropyridines is 1. The third-order valence-corrected chi connectivity index (χ3v) is 7.03. The molecule has 14 heteroatoms. The van der Waals surface area contributed by atoms with Crippen LogP contribution in [0.2, 0.25) is 0 Å². The highest BCUT2D eigenvalue weighted by molar-refractivity contribution is 7.91. The van der Waals surface area contributed by atoms with Crippen LogP contribution >= 0.6 is 0 Å². The van der Waals surface area contributed by atoms with Gasteiger partial charge in [0.2, 0.25) is 0 Å². The average Bonchev–Trinajstić information content (AvgIpc) is 2.83. The van der Waals surface area contributed by atoms with Crippen LogP contribution < -0.4 is 11.1 Å². The molecule has 2 rings (SSSR count). The van der Waals surface area contributed by atoms with Crippen LogP contribution in [0.1, 0.15) is 39.2 Å². The number of carbonyl (C=O) groups is 3. The fourth-order valence-electron chi connectivity index (χ4n) is 3.96. The number of non-ortho nitro benzene ring substituents is 1. The van der Waals surface area contributed by atoms with Gasteiger partial charge in [-0.05, 0) is 33.3 Å². The Labute approximate surface area is 220 Å². The normalized spacial score (nSPS) is 16.4. The Hall–Kier alpha value is -3.78. The number of nitrogens with zero attached hydrogens (tertiary/aromatic N) is 1. The summed E-state index contributed by atoms with van der Waals surface area (Å²) in [4.78, 5) is 48.9. The van der Waals surface area contributed by atoms with Gasteiger partial charge in [-0.15, -0.1) is 0 Å². The van der Waals surface area contributed by atoms with Crippen LogP contribution in [0.25, 0.3) is 0 Å². The zero-order chi connectivity index (χ0) is 28.6. The van der Waals surface area contributed by atoms with Gasteiger partial charge in [0.05, 0.1) is 53.3 Å². The molecule has 1 heterocycles. The number of esters is 3. The fraction of sp³-hybridized carbons (Fsp3) is 0.458. The van der Waals surface area contributed by atoms with Gasteiger partial charge in [0.15, 0.2) is 9.84 Å². The van der Waals surface area contributed by atoms with Gasteiger partial charge in [0.25, 0.3) is 5.69 Å². The summed E-state index contributed by atoms with van der Waals surface area (Å²) in [6, 6.07) is 3.81. The van der Waals surface area contributed by atoms with Crippen molar-refractivity contribution in [3.8, 4) is 0 Å². The average molecular weight is 554 g/mol. The van der Waals surface area contributed by atoms with E-state index in [2.05, 4.69) is 5.32 Å². The number of nitro groups is 1. The lowest BCUT2D eigenvalue weighted by atomic mass is 9.80. The van der Waals surface area contributed by atoms with Crippen LogP contribution in [0.5, 0.6) is 0 Å². The molecule has 2 atom stereocenters. The van der Waals surface area contributed by atoms with Gasteiger partial charge in [0.1, 0.15) is 6.04 Å². The predicted molar refractivity (Wildman–Crippen MR) is 135 cm³/mol. The largest absolute Gasteiger partial charge is 0.465 e. The van der Waals surface area contributed by atoms with Gasteiger partial charge in [-0.3, -0.25) is 14.9 Å². The van der Waals surface area contributed by atoms with E-state index in [0.717, 1.165) is 0 Å². The minimum atomic E-state index is -4.12. The molecule has 0 aromatic heterocycles. The summed E-state index contributed by atoms with van der Waals surface area (Å²) < 4.78 is 41.2. The molecule has 0 aliphatic carbocycles. The van der Waals surface area contributed by atoms with Gasteiger partial charge in [-0.25, -0.2) is 18.0 Å². The standard InChI is InChI=1S/C24H31N3O10S/c1-5-35-22(28)17(25)12-38(33,34)13-18-21(24(30)37-7-3)20(15-9-8-10-16(11-15)27(31)32)19(14(4)26-18)23(29)36-6-2/h8-11,17,20,26H,5-7,12-13,25H2,1-4H3. The van der Waals surface area contributed by atoms with Crippen LogP contribution in [-0.4, -0.2) is 68.6 Å². The van der Waals surface area contributed by atoms with Crippen LogP contribution in [-0.2, 0) is 38.4 Å². The third-order valence-electron chi connectivity index (χ3n) is 5.44. The topological polar surface area (TPSA) is 194 Å². The summed E-state index contributed by atoms with van der Waals surface area (Å²) in [5.74, 6) is -5.44. The van der Waals surface area contributed by atoms with Gasteiger partial charge in [-0.2, -0.15) is 0 Å². The number of benzene rings is 1. The molecule has 0 fully saturated rings. The molecular weight excluding hydrogens is 522 g/mol. The monoisotopic (exact) mass is 553 g/mol. The molecule has 3 N–H and O–H groups in total. The molecule has 1 aliphatic heterocycles. The number of sulfone groups is 1. The number of nitrogens with one attached hydrogen (secondary N) is 1. The molecule has 1 aromatic rings. The van der Waals surface area contributed by atoms with Crippen LogP contribution in [0, 0.1) is 10.1 Å². The third kappa shape index (κ3) is 7.38. The van der Waals surface area contributed by atoms with Gasteiger partial charge < -0.3 is 25.3 Å². The molecule has 0 saturated heterocycles. The number of nitrogens with two attached hydrogens (primary N) is 1. The highest BCUT2D eigenvalue weighted by Crippen LogP contribution is 2.40. The quantitative estimate of drug-likeness (QED) is 0.163. The number of hydrogen-bond acceptors (Lipinski definition) is 12. The summed E-state index contributed by atoms with van der Waals surface area (Å²) in [7, 11) is -4.12. The fourth-order valence-corrected chi connectivity index (χ4v) is 5.43. The Morgan fingerprint density at radius 1 is 1.05 bits per heavy atom. The lowest BCUT2D eigenvalue weighted by Gasteiger charge is -2.31. The van der Waals surface area contributed by atoms with Crippen molar-refractivity contribution in [1.82, 2.24) is 5.32 Å². The number of ether oxygens (including phenoxy) is 3. The molecule has 0 radical (unpaired) electrons. The van der Waals surface area contributed by atoms with E-state index in [0.29, 0.717) is 0 Å². The predicted octanol–water partition coefficient (Wildman–Crippen LogP) is 1.24. The molecular formula is C24H31N3O10S. The number of rotatable bonds is 12. The van der Waals surface area contributed by atoms with E-state index >= 15 is 0 Å². The Balaban J connectivity index is 2.72. The second kappa shape index (κ2) is 13.1. The zero-order valence-corrected chi connectivity index (χ0v) is 22.3. The molecule has 0 saturated carbocycles. The minimum absolute atomic E-state index is 0.00269. The summed E-state index contributed by atoms with van der Waals surface area (Å²) in [5.41, 5.74) is 5.34. The smallest absolute Gasteiger partial charge is 0.336 e. The van der Waals surface area contributed by atoms with Crippen molar-refractivity contribution >= 4 is 33.4 Å². The maximum absolute atomic E-state index is 13.2. The van der Waals surface area contributed by atoms with Crippen molar-refractivity contribution in [2.75, 3.05) is 31.3 Å². The zero-order valence-electron chi connectivity index (χ0n) is 21.5. The molecule has 208 valence electrons. The van der Waals surface area contributed by atoms with Crippen molar-refractivity contribution in [3.05, 3.63) is 62.5 Å². The first kappa shape index (κ1) is 30.4. The SMILES string of the molecule is CCOC(=O)C1=C(C)NC(CS(=O)(=O)CC(N)C(=O)OCC)=C(C(=O)OCC)C1c1cccc([N+](=O)[O-])c1. The van der Waals surface area contributed by atoms with Crippen molar-refractivity contribution in [1.29, 1.82) is 0 Å². The number of carbonyl (C=O) groups excluding carboxylic acids is 3. The second-order valence-electron chi connectivity index (χ2n) is 8.20. The summed E-state index contributed by atoms with van der Waals surface area (Å²) in [6.07, 6.45) is 0. The number of hydrogen-bond donors (Lipinski definition) is 2. The van der Waals surface area contributed by atoms with E-state index in [1.165, 1.54) is 31.2 Å². The van der Waals surface area contributed by atoms with E-state index in [9.17, 15) is 32.9 Å². The Morgan fingerprint density at radius 2 is 1.63 bits per heavy atom.